The number of benzene rings is 1. The Kier molecular flexibility index (Phi) is 3.19. The summed E-state index contributed by atoms with van der Waals surface area (Å²) < 4.78 is 18.0. The minimum absolute atomic E-state index is 0.120. The van der Waals surface area contributed by atoms with Crippen molar-refractivity contribution in [3.05, 3.63) is 23.5 Å². The molecule has 3 N–H and O–H groups in total. The van der Waals surface area contributed by atoms with E-state index in [4.69, 9.17) is 10.5 Å². The van der Waals surface area contributed by atoms with Crippen molar-refractivity contribution < 1.29 is 14.2 Å². The molecule has 1 aromatic carbocycles. The van der Waals surface area contributed by atoms with E-state index in [1.807, 2.05) is 13.8 Å². The van der Waals surface area contributed by atoms with Gasteiger partial charge in [-0.3, -0.25) is 0 Å². The number of rotatable bonds is 3. The van der Waals surface area contributed by atoms with Gasteiger partial charge in [0, 0.05) is 23.2 Å². The Bertz CT molecular complexity index is 358. The minimum atomic E-state index is -0.525. The maximum atomic E-state index is 13.0. The molecule has 1 aromatic rings. The molecule has 0 fully saturated rings. The van der Waals surface area contributed by atoms with Crippen LogP contribution in [0, 0.1) is 5.82 Å². The normalized spacial score (nSPS) is 11.5. The van der Waals surface area contributed by atoms with Gasteiger partial charge in [0.05, 0.1) is 7.11 Å². The average molecular weight is 213 g/mol. The monoisotopic (exact) mass is 213 g/mol. The van der Waals surface area contributed by atoms with Crippen molar-refractivity contribution in [3.63, 3.8) is 0 Å². The van der Waals surface area contributed by atoms with Crippen molar-refractivity contribution in [2.45, 2.75) is 25.8 Å². The van der Waals surface area contributed by atoms with Crippen molar-refractivity contribution >= 4 is 0 Å². The fourth-order valence-electron chi connectivity index (χ4n) is 1.41. The van der Waals surface area contributed by atoms with E-state index in [-0.39, 0.29) is 5.75 Å². The first kappa shape index (κ1) is 11.8. The molecule has 0 aliphatic rings. The standard InChI is InChI=1S/C11H16FNO2/c1-11(2,13)6-8-9(14)4-7(12)5-10(8)15-3/h4-5,14H,6,13H2,1-3H3. The molecule has 0 saturated heterocycles. The summed E-state index contributed by atoms with van der Waals surface area (Å²) in [5, 5.41) is 9.59. The van der Waals surface area contributed by atoms with Crippen LogP contribution in [-0.2, 0) is 6.42 Å². The fraction of sp³-hybridized carbons (Fsp3) is 0.455. The molecule has 0 amide bonds. The molecule has 0 atom stereocenters. The van der Waals surface area contributed by atoms with E-state index in [0.29, 0.717) is 17.7 Å². The zero-order chi connectivity index (χ0) is 11.6. The highest BCUT2D eigenvalue weighted by molar-refractivity contribution is 5.45. The molecular weight excluding hydrogens is 197 g/mol. The lowest BCUT2D eigenvalue weighted by atomic mass is 9.95. The highest BCUT2D eigenvalue weighted by atomic mass is 19.1. The van der Waals surface area contributed by atoms with Crippen LogP contribution < -0.4 is 10.5 Å². The topological polar surface area (TPSA) is 55.5 Å². The number of nitrogens with two attached hydrogens (primary N) is 1. The second kappa shape index (κ2) is 4.06. The van der Waals surface area contributed by atoms with E-state index in [1.165, 1.54) is 13.2 Å². The third-order valence-corrected chi connectivity index (χ3v) is 2.00. The molecule has 1 rings (SSSR count). The predicted molar refractivity (Wildman–Crippen MR) is 56.6 cm³/mol. The number of methoxy groups -OCH3 is 1. The summed E-state index contributed by atoms with van der Waals surface area (Å²) in [5.41, 5.74) is 5.89. The molecule has 4 heteroatoms. The summed E-state index contributed by atoms with van der Waals surface area (Å²) in [4.78, 5) is 0. The number of hydrogen-bond acceptors (Lipinski definition) is 3. The molecule has 15 heavy (non-hydrogen) atoms. The van der Waals surface area contributed by atoms with E-state index in [1.54, 1.807) is 0 Å². The van der Waals surface area contributed by atoms with Crippen molar-refractivity contribution in [2.75, 3.05) is 7.11 Å². The summed E-state index contributed by atoms with van der Waals surface area (Å²) >= 11 is 0. The van der Waals surface area contributed by atoms with Crippen LogP contribution in [-0.4, -0.2) is 17.8 Å². The number of aromatic hydroxyl groups is 1. The summed E-state index contributed by atoms with van der Waals surface area (Å²) in [6, 6.07) is 2.30. The summed E-state index contributed by atoms with van der Waals surface area (Å²) in [6.07, 6.45) is 0.419. The van der Waals surface area contributed by atoms with Gasteiger partial charge < -0.3 is 15.6 Å². The molecular formula is C11H16FNO2. The lowest BCUT2D eigenvalue weighted by Crippen LogP contribution is -2.34. The first-order chi connectivity index (χ1) is 6.83. The molecule has 3 nitrogen and oxygen atoms in total. The van der Waals surface area contributed by atoms with E-state index in [2.05, 4.69) is 0 Å². The first-order valence-corrected chi connectivity index (χ1v) is 4.68. The van der Waals surface area contributed by atoms with Crippen LogP contribution in [0.4, 0.5) is 4.39 Å². The first-order valence-electron chi connectivity index (χ1n) is 4.68. The van der Waals surface area contributed by atoms with Crippen molar-refractivity contribution in [3.8, 4) is 11.5 Å². The van der Waals surface area contributed by atoms with Crippen LogP contribution in [0.5, 0.6) is 11.5 Å². The van der Waals surface area contributed by atoms with E-state index < -0.39 is 11.4 Å². The Balaban J connectivity index is 3.15. The number of ether oxygens (including phenoxy) is 1. The quantitative estimate of drug-likeness (QED) is 0.805. The molecule has 0 unspecified atom stereocenters. The molecule has 84 valence electrons. The van der Waals surface area contributed by atoms with Gasteiger partial charge in [-0.25, -0.2) is 4.39 Å². The SMILES string of the molecule is COc1cc(F)cc(O)c1CC(C)(C)N. The lowest BCUT2D eigenvalue weighted by molar-refractivity contribution is 0.384. The van der Waals surface area contributed by atoms with Crippen molar-refractivity contribution in [1.82, 2.24) is 0 Å². The van der Waals surface area contributed by atoms with Crippen LogP contribution in [0.15, 0.2) is 12.1 Å². The Hall–Kier alpha value is -1.29. The largest absolute Gasteiger partial charge is 0.507 e. The third kappa shape index (κ3) is 3.09. The van der Waals surface area contributed by atoms with Gasteiger partial charge in [-0.1, -0.05) is 0 Å². The highest BCUT2D eigenvalue weighted by Gasteiger charge is 2.19. The van der Waals surface area contributed by atoms with Crippen LogP contribution >= 0.6 is 0 Å². The van der Waals surface area contributed by atoms with E-state index in [0.717, 1.165) is 6.07 Å². The van der Waals surface area contributed by atoms with Crippen LogP contribution in [0.3, 0.4) is 0 Å². The second-order valence-corrected chi connectivity index (χ2v) is 4.27. The average Bonchev–Trinajstić information content (AvgIpc) is 2.07. The van der Waals surface area contributed by atoms with Crippen LogP contribution in [0.2, 0.25) is 0 Å². The summed E-state index contributed by atoms with van der Waals surface area (Å²) in [5.74, 6) is -0.320. The van der Waals surface area contributed by atoms with Gasteiger partial charge in [0.1, 0.15) is 17.3 Å². The molecule has 0 aromatic heterocycles. The van der Waals surface area contributed by atoms with Gasteiger partial charge in [-0.15, -0.1) is 0 Å². The second-order valence-electron chi connectivity index (χ2n) is 4.27. The molecule has 0 bridgehead atoms. The zero-order valence-corrected chi connectivity index (χ0v) is 9.17. The van der Waals surface area contributed by atoms with Gasteiger partial charge >= 0.3 is 0 Å². The van der Waals surface area contributed by atoms with Gasteiger partial charge in [0.2, 0.25) is 0 Å². The Morgan fingerprint density at radius 3 is 2.53 bits per heavy atom. The molecule has 0 aliphatic carbocycles. The Morgan fingerprint density at radius 2 is 2.07 bits per heavy atom. The fourth-order valence-corrected chi connectivity index (χ4v) is 1.41. The summed E-state index contributed by atoms with van der Waals surface area (Å²) in [6.45, 7) is 3.66. The number of phenolic OH excluding ortho intramolecular Hbond substituents is 1. The van der Waals surface area contributed by atoms with E-state index >= 15 is 0 Å². The maximum Gasteiger partial charge on any atom is 0.130 e. The van der Waals surface area contributed by atoms with E-state index in [9.17, 15) is 9.50 Å². The molecule has 0 heterocycles. The van der Waals surface area contributed by atoms with Gasteiger partial charge in [-0.05, 0) is 20.3 Å². The van der Waals surface area contributed by atoms with Crippen molar-refractivity contribution in [1.29, 1.82) is 0 Å². The van der Waals surface area contributed by atoms with Gasteiger partial charge in [-0.2, -0.15) is 0 Å². The number of hydrogen-bond donors (Lipinski definition) is 2. The predicted octanol–water partition coefficient (Wildman–Crippen LogP) is 1.82. The maximum absolute atomic E-state index is 13.0. The van der Waals surface area contributed by atoms with Crippen LogP contribution in [0.1, 0.15) is 19.4 Å². The Labute approximate surface area is 88.7 Å². The number of halogens is 1. The smallest absolute Gasteiger partial charge is 0.130 e. The highest BCUT2D eigenvalue weighted by Crippen LogP contribution is 2.31. The van der Waals surface area contributed by atoms with Crippen molar-refractivity contribution in [2.24, 2.45) is 5.73 Å². The Morgan fingerprint density at radius 1 is 1.47 bits per heavy atom. The van der Waals surface area contributed by atoms with Gasteiger partial charge in [0.15, 0.2) is 0 Å². The minimum Gasteiger partial charge on any atom is -0.507 e. The molecule has 0 spiro atoms. The molecule has 0 aliphatic heterocycles. The van der Waals surface area contributed by atoms with Gasteiger partial charge in [0.25, 0.3) is 0 Å². The zero-order valence-electron chi connectivity index (χ0n) is 9.17. The third-order valence-electron chi connectivity index (χ3n) is 2.00. The summed E-state index contributed by atoms with van der Waals surface area (Å²) in [7, 11) is 1.43. The number of phenols is 1. The van der Waals surface area contributed by atoms with Crippen LogP contribution in [0.25, 0.3) is 0 Å². The molecule has 0 radical (unpaired) electrons. The lowest BCUT2D eigenvalue weighted by Gasteiger charge is -2.20. The molecule has 0 saturated carbocycles.